The second kappa shape index (κ2) is 16.8. The van der Waals surface area contributed by atoms with Gasteiger partial charge < -0.3 is 34.6 Å². The first-order chi connectivity index (χ1) is 19.6. The van der Waals surface area contributed by atoms with Gasteiger partial charge in [0, 0.05) is 40.2 Å². The summed E-state index contributed by atoms with van der Waals surface area (Å²) in [6.07, 6.45) is 4.35. The van der Waals surface area contributed by atoms with Crippen molar-refractivity contribution in [2.75, 3.05) is 53.3 Å². The zero-order valence-electron chi connectivity index (χ0n) is 25.3. The van der Waals surface area contributed by atoms with Gasteiger partial charge in [-0.2, -0.15) is 0 Å². The Kier molecular flexibility index (Phi) is 13.9. The fourth-order valence-electron chi connectivity index (χ4n) is 5.39. The van der Waals surface area contributed by atoms with Crippen LogP contribution in [0, 0.1) is 11.8 Å². The van der Waals surface area contributed by atoms with Gasteiger partial charge in [0.2, 0.25) is 23.7 Å². The predicted octanol–water partition coefficient (Wildman–Crippen LogP) is 1.10. The summed E-state index contributed by atoms with van der Waals surface area (Å²) in [7, 11) is 6.04. The van der Waals surface area contributed by atoms with E-state index in [9.17, 15) is 19.2 Å². The van der Waals surface area contributed by atoms with Gasteiger partial charge in [0.1, 0.15) is 6.54 Å². The number of carbonyl (C=O) groups is 4. The van der Waals surface area contributed by atoms with Crippen molar-refractivity contribution in [2.45, 2.75) is 70.7 Å². The first-order valence-electron chi connectivity index (χ1n) is 14.1. The van der Waals surface area contributed by atoms with Crippen LogP contribution in [0.5, 0.6) is 0 Å². The van der Waals surface area contributed by atoms with Crippen LogP contribution in [-0.2, 0) is 33.4 Å². The number of methoxy groups -OCH3 is 3. The van der Waals surface area contributed by atoms with Crippen LogP contribution >= 0.6 is 0 Å². The Balaban J connectivity index is 2.13. The van der Waals surface area contributed by atoms with E-state index in [1.165, 1.54) is 14.2 Å². The molecular weight excluding hydrogens is 532 g/mol. The van der Waals surface area contributed by atoms with E-state index in [0.29, 0.717) is 18.9 Å². The number of likely N-dealkylation sites (N-methyl/N-ethyl adjacent to an activating group) is 1. The molecule has 0 aromatic carbocycles. The lowest BCUT2D eigenvalue weighted by molar-refractivity contribution is -0.146. The molecule has 13 nitrogen and oxygen atoms in total. The average molecular weight is 579 g/mol. The van der Waals surface area contributed by atoms with Crippen LogP contribution in [0.15, 0.2) is 18.5 Å². The number of amides is 3. The smallest absolute Gasteiger partial charge is 0.325 e. The molecule has 1 aromatic heterocycles. The monoisotopic (exact) mass is 578 g/mol. The van der Waals surface area contributed by atoms with Gasteiger partial charge >= 0.3 is 5.97 Å². The highest BCUT2D eigenvalue weighted by atomic mass is 16.5. The van der Waals surface area contributed by atoms with Crippen molar-refractivity contribution in [3.05, 3.63) is 18.5 Å². The maximum Gasteiger partial charge on any atom is 0.325 e. The van der Waals surface area contributed by atoms with Crippen molar-refractivity contribution in [2.24, 2.45) is 11.8 Å². The van der Waals surface area contributed by atoms with Crippen molar-refractivity contribution in [1.82, 2.24) is 25.1 Å². The number of anilines is 1. The summed E-state index contributed by atoms with van der Waals surface area (Å²) in [4.78, 5) is 62.6. The average Bonchev–Trinajstić information content (AvgIpc) is 3.48. The Labute approximate surface area is 242 Å². The first-order valence-corrected chi connectivity index (χ1v) is 14.1. The minimum absolute atomic E-state index is 0.00250. The molecule has 6 unspecified atom stereocenters. The Morgan fingerprint density at radius 3 is 2.37 bits per heavy atom. The third kappa shape index (κ3) is 9.35. The Bertz CT molecular complexity index is 997. The first kappa shape index (κ1) is 33.9. The number of carbonyl (C=O) groups excluding carboxylic acids is 4. The predicted molar refractivity (Wildman–Crippen MR) is 152 cm³/mol. The van der Waals surface area contributed by atoms with Crippen molar-refractivity contribution < 1.29 is 33.4 Å². The van der Waals surface area contributed by atoms with Gasteiger partial charge in [0.05, 0.1) is 50.3 Å². The molecule has 1 aromatic rings. The van der Waals surface area contributed by atoms with E-state index in [4.69, 9.17) is 9.47 Å². The molecule has 2 heterocycles. The van der Waals surface area contributed by atoms with Gasteiger partial charge in [-0.25, -0.2) is 9.97 Å². The number of nitrogens with zero attached hydrogens (tertiary/aromatic N) is 4. The summed E-state index contributed by atoms with van der Waals surface area (Å²) in [6.45, 7) is 6.07. The number of hydrogen-bond donors (Lipinski definition) is 2. The Morgan fingerprint density at radius 1 is 1.10 bits per heavy atom. The number of nitrogens with one attached hydrogen (secondary N) is 2. The second-order valence-corrected chi connectivity index (χ2v) is 10.4. The number of hydrogen-bond acceptors (Lipinski definition) is 10. The molecule has 6 atom stereocenters. The molecule has 0 saturated carbocycles. The largest absolute Gasteiger partial charge is 0.468 e. The zero-order valence-corrected chi connectivity index (χ0v) is 25.3. The van der Waals surface area contributed by atoms with E-state index < -0.39 is 24.1 Å². The highest BCUT2D eigenvalue weighted by molar-refractivity contribution is 5.84. The van der Waals surface area contributed by atoms with Gasteiger partial charge in [0.25, 0.3) is 0 Å². The molecule has 1 aliphatic heterocycles. The maximum absolute atomic E-state index is 13.7. The van der Waals surface area contributed by atoms with E-state index in [1.807, 2.05) is 13.8 Å². The molecule has 1 fully saturated rings. The zero-order chi connectivity index (χ0) is 30.5. The van der Waals surface area contributed by atoms with Crippen LogP contribution in [-0.4, -0.2) is 116 Å². The quantitative estimate of drug-likeness (QED) is 0.273. The molecule has 2 N–H and O–H groups in total. The molecule has 3 amide bonds. The SMILES string of the molecule is CCC(C)C(C(CC(=O)N1CCCC1C(OC)C(C)C(=O)NCC(=O)OC)OC)N(C)C(=O)CNc1ncccn1. The van der Waals surface area contributed by atoms with Crippen LogP contribution in [0.2, 0.25) is 0 Å². The highest BCUT2D eigenvalue weighted by Crippen LogP contribution is 2.29. The molecule has 0 bridgehead atoms. The maximum atomic E-state index is 13.7. The van der Waals surface area contributed by atoms with Gasteiger partial charge in [-0.15, -0.1) is 0 Å². The van der Waals surface area contributed by atoms with Crippen LogP contribution in [0.25, 0.3) is 0 Å². The number of aromatic nitrogens is 2. The fourth-order valence-corrected chi connectivity index (χ4v) is 5.39. The topological polar surface area (TPSA) is 152 Å². The lowest BCUT2D eigenvalue weighted by Gasteiger charge is -2.39. The van der Waals surface area contributed by atoms with Crippen molar-refractivity contribution in [3.63, 3.8) is 0 Å². The molecule has 230 valence electrons. The van der Waals surface area contributed by atoms with Crippen molar-refractivity contribution in [3.8, 4) is 0 Å². The summed E-state index contributed by atoms with van der Waals surface area (Å²) in [6, 6.07) is 1.01. The Morgan fingerprint density at radius 2 is 1.78 bits per heavy atom. The molecule has 2 rings (SSSR count). The van der Waals surface area contributed by atoms with Crippen LogP contribution < -0.4 is 10.6 Å². The van der Waals surface area contributed by atoms with Crippen LogP contribution in [0.3, 0.4) is 0 Å². The summed E-state index contributed by atoms with van der Waals surface area (Å²) < 4.78 is 16.2. The normalized spacial score (nSPS) is 18.5. The molecule has 0 spiro atoms. The van der Waals surface area contributed by atoms with Crippen LogP contribution in [0.1, 0.15) is 46.5 Å². The van der Waals surface area contributed by atoms with Gasteiger partial charge in [0.15, 0.2) is 0 Å². The lowest BCUT2D eigenvalue weighted by Crippen LogP contribution is -2.54. The third-order valence-electron chi connectivity index (χ3n) is 7.90. The van der Waals surface area contributed by atoms with Gasteiger partial charge in [-0.05, 0) is 24.8 Å². The van der Waals surface area contributed by atoms with Crippen molar-refractivity contribution in [1.29, 1.82) is 0 Å². The lowest BCUT2D eigenvalue weighted by atomic mass is 9.90. The Hall–Kier alpha value is -3.32. The minimum atomic E-state index is -0.612. The third-order valence-corrected chi connectivity index (χ3v) is 7.90. The molecule has 0 aliphatic carbocycles. The standard InChI is InChI=1S/C28H46N6O7/c1-8-18(2)25(33(4)23(36)16-32-28-29-12-10-13-30-28)21(39-5)15-22(35)34-14-9-11-20(34)26(41-7)19(3)27(38)31-17-24(37)40-6/h10,12-13,18-21,25-26H,8-9,11,14-17H2,1-7H3,(H,31,38)(H,29,30,32). The fraction of sp³-hybridized carbons (Fsp3) is 0.714. The van der Waals surface area contributed by atoms with Gasteiger partial charge in [-0.3, -0.25) is 19.2 Å². The van der Waals surface area contributed by atoms with E-state index in [-0.39, 0.29) is 55.2 Å². The van der Waals surface area contributed by atoms with E-state index in [1.54, 1.807) is 49.3 Å². The number of ether oxygens (including phenoxy) is 3. The molecular formula is C28H46N6O7. The summed E-state index contributed by atoms with van der Waals surface area (Å²) in [5.41, 5.74) is 0. The van der Waals surface area contributed by atoms with E-state index >= 15 is 0 Å². The summed E-state index contributed by atoms with van der Waals surface area (Å²) >= 11 is 0. The summed E-state index contributed by atoms with van der Waals surface area (Å²) in [5.74, 6) is -1.42. The minimum Gasteiger partial charge on any atom is -0.468 e. The molecule has 0 radical (unpaired) electrons. The number of rotatable bonds is 16. The number of likely N-dealkylation sites (tertiary alicyclic amines) is 1. The van der Waals surface area contributed by atoms with E-state index in [2.05, 4.69) is 25.3 Å². The van der Waals surface area contributed by atoms with Crippen LogP contribution in [0.4, 0.5) is 5.95 Å². The molecule has 41 heavy (non-hydrogen) atoms. The second-order valence-electron chi connectivity index (χ2n) is 10.4. The van der Waals surface area contributed by atoms with Crippen molar-refractivity contribution >= 4 is 29.6 Å². The van der Waals surface area contributed by atoms with Gasteiger partial charge in [-0.1, -0.05) is 27.2 Å². The molecule has 13 heteroatoms. The summed E-state index contributed by atoms with van der Waals surface area (Å²) in [5, 5.41) is 5.51. The van der Waals surface area contributed by atoms with E-state index in [0.717, 1.165) is 12.8 Å². The molecule has 1 aliphatic rings. The number of esters is 1. The molecule has 1 saturated heterocycles. The highest BCUT2D eigenvalue weighted by Gasteiger charge is 2.41.